The Labute approximate surface area is 142 Å². The minimum absolute atomic E-state index is 0.0294. The van der Waals surface area contributed by atoms with Crippen LogP contribution in [0, 0.1) is 5.41 Å². The molecule has 0 aromatic heterocycles. The Morgan fingerprint density at radius 2 is 1.92 bits per heavy atom. The van der Waals surface area contributed by atoms with Gasteiger partial charge in [0.1, 0.15) is 23.4 Å². The lowest BCUT2D eigenvalue weighted by molar-refractivity contribution is -0.128. The number of hydrogen-bond acceptors (Lipinski definition) is 3. The summed E-state index contributed by atoms with van der Waals surface area (Å²) in [5.74, 6) is 2.51. The molecule has 1 heterocycles. The van der Waals surface area contributed by atoms with E-state index in [9.17, 15) is 4.79 Å². The first-order chi connectivity index (χ1) is 11.4. The van der Waals surface area contributed by atoms with Crippen LogP contribution in [-0.2, 0) is 11.2 Å². The number of carbonyl (C=O) groups is 1. The maximum atomic E-state index is 12.0. The molecule has 0 saturated carbocycles. The number of amides is 1. The molecule has 0 bridgehead atoms. The molecule has 0 radical (unpaired) electrons. The molecule has 1 N–H and O–H groups in total. The molecule has 24 heavy (non-hydrogen) atoms. The number of rotatable bonds is 4. The van der Waals surface area contributed by atoms with Gasteiger partial charge in [0.25, 0.3) is 0 Å². The standard InChI is InChI=1S/C20H23NO3/c1-20(2,3)19(22)21-13-17-12-14-11-16(9-10-18(14)24-17)23-15-7-5-4-6-8-15/h4-11,17H,12-13H2,1-3H3,(H,21,22). The van der Waals surface area contributed by atoms with Gasteiger partial charge in [-0.1, -0.05) is 39.0 Å². The van der Waals surface area contributed by atoms with Crippen LogP contribution in [0.2, 0.25) is 0 Å². The summed E-state index contributed by atoms with van der Waals surface area (Å²) in [5.41, 5.74) is 0.723. The summed E-state index contributed by atoms with van der Waals surface area (Å²) in [5, 5.41) is 2.96. The number of hydrogen-bond donors (Lipinski definition) is 1. The van der Waals surface area contributed by atoms with Gasteiger partial charge >= 0.3 is 0 Å². The highest BCUT2D eigenvalue weighted by Gasteiger charge is 2.26. The smallest absolute Gasteiger partial charge is 0.225 e. The van der Waals surface area contributed by atoms with E-state index in [0.29, 0.717) is 6.54 Å². The van der Waals surface area contributed by atoms with Crippen LogP contribution in [0.5, 0.6) is 17.2 Å². The van der Waals surface area contributed by atoms with E-state index >= 15 is 0 Å². The zero-order chi connectivity index (χ0) is 17.2. The van der Waals surface area contributed by atoms with Crippen molar-refractivity contribution >= 4 is 5.91 Å². The SMILES string of the molecule is CC(C)(C)C(=O)NCC1Cc2cc(Oc3ccccc3)ccc2O1. The highest BCUT2D eigenvalue weighted by Crippen LogP contribution is 2.33. The van der Waals surface area contributed by atoms with E-state index < -0.39 is 0 Å². The quantitative estimate of drug-likeness (QED) is 0.926. The zero-order valence-electron chi connectivity index (χ0n) is 14.3. The number of nitrogens with one attached hydrogen (secondary N) is 1. The van der Waals surface area contributed by atoms with Gasteiger partial charge in [0, 0.05) is 17.4 Å². The van der Waals surface area contributed by atoms with Crippen molar-refractivity contribution in [1.29, 1.82) is 0 Å². The molecule has 0 aliphatic carbocycles. The summed E-state index contributed by atoms with van der Waals surface area (Å²) >= 11 is 0. The highest BCUT2D eigenvalue weighted by molar-refractivity contribution is 5.81. The van der Waals surface area contributed by atoms with Crippen LogP contribution >= 0.6 is 0 Å². The minimum Gasteiger partial charge on any atom is -0.488 e. The predicted octanol–water partition coefficient (Wildman–Crippen LogP) is 3.94. The number of para-hydroxylation sites is 1. The highest BCUT2D eigenvalue weighted by atomic mass is 16.5. The molecule has 1 aliphatic heterocycles. The van der Waals surface area contributed by atoms with Crippen LogP contribution in [0.1, 0.15) is 26.3 Å². The van der Waals surface area contributed by atoms with Gasteiger partial charge in [-0.05, 0) is 30.3 Å². The van der Waals surface area contributed by atoms with Crippen molar-refractivity contribution < 1.29 is 14.3 Å². The topological polar surface area (TPSA) is 47.6 Å². The molecule has 0 spiro atoms. The summed E-state index contributed by atoms with van der Waals surface area (Å²) in [6.45, 7) is 6.22. The van der Waals surface area contributed by atoms with Gasteiger partial charge in [-0.2, -0.15) is 0 Å². The molecule has 0 saturated heterocycles. The van der Waals surface area contributed by atoms with Crippen molar-refractivity contribution in [3.63, 3.8) is 0 Å². The van der Waals surface area contributed by atoms with E-state index in [1.165, 1.54) is 0 Å². The number of carbonyl (C=O) groups excluding carboxylic acids is 1. The molecule has 0 fully saturated rings. The fourth-order valence-electron chi connectivity index (χ4n) is 2.57. The maximum absolute atomic E-state index is 12.0. The Hall–Kier alpha value is -2.49. The lowest BCUT2D eigenvalue weighted by atomic mass is 9.95. The first-order valence-electron chi connectivity index (χ1n) is 8.22. The van der Waals surface area contributed by atoms with E-state index in [4.69, 9.17) is 9.47 Å². The molecule has 3 rings (SSSR count). The summed E-state index contributed by atoms with van der Waals surface area (Å²) in [7, 11) is 0. The van der Waals surface area contributed by atoms with Crippen LogP contribution in [-0.4, -0.2) is 18.6 Å². The van der Waals surface area contributed by atoms with Gasteiger partial charge in [0.05, 0.1) is 6.54 Å². The van der Waals surface area contributed by atoms with E-state index in [2.05, 4.69) is 5.32 Å². The van der Waals surface area contributed by atoms with Crippen molar-refractivity contribution in [1.82, 2.24) is 5.32 Å². The van der Waals surface area contributed by atoms with Gasteiger partial charge in [0.2, 0.25) is 5.91 Å². The third-order valence-electron chi connectivity index (χ3n) is 3.92. The van der Waals surface area contributed by atoms with Crippen molar-refractivity contribution in [2.45, 2.75) is 33.3 Å². The molecule has 2 aromatic carbocycles. The monoisotopic (exact) mass is 325 g/mol. The average Bonchev–Trinajstić information content (AvgIpc) is 2.94. The molecule has 1 unspecified atom stereocenters. The van der Waals surface area contributed by atoms with Gasteiger partial charge in [0.15, 0.2) is 0 Å². The van der Waals surface area contributed by atoms with Crippen LogP contribution in [0.15, 0.2) is 48.5 Å². The Morgan fingerprint density at radius 1 is 1.17 bits per heavy atom. The van der Waals surface area contributed by atoms with Crippen LogP contribution in [0.4, 0.5) is 0 Å². The van der Waals surface area contributed by atoms with Crippen molar-refractivity contribution in [2.24, 2.45) is 5.41 Å². The first kappa shape index (κ1) is 16.4. The third-order valence-corrected chi connectivity index (χ3v) is 3.92. The lowest BCUT2D eigenvalue weighted by Crippen LogP contribution is -2.40. The molecule has 1 atom stereocenters. The summed E-state index contributed by atoms with van der Waals surface area (Å²) < 4.78 is 11.8. The fourth-order valence-corrected chi connectivity index (χ4v) is 2.57. The maximum Gasteiger partial charge on any atom is 0.225 e. The second-order valence-corrected chi connectivity index (χ2v) is 7.09. The summed E-state index contributed by atoms with van der Waals surface area (Å²) in [6.07, 6.45) is 0.740. The lowest BCUT2D eigenvalue weighted by Gasteiger charge is -2.19. The second kappa shape index (κ2) is 6.56. The summed E-state index contributed by atoms with van der Waals surface area (Å²) in [6, 6.07) is 15.5. The largest absolute Gasteiger partial charge is 0.488 e. The number of fused-ring (bicyclic) bond motifs is 1. The predicted molar refractivity (Wildman–Crippen MR) is 93.5 cm³/mol. The van der Waals surface area contributed by atoms with Gasteiger partial charge in [-0.3, -0.25) is 4.79 Å². The van der Waals surface area contributed by atoms with E-state index in [-0.39, 0.29) is 17.4 Å². The number of ether oxygens (including phenoxy) is 2. The van der Waals surface area contributed by atoms with Crippen LogP contribution in [0.3, 0.4) is 0 Å². The van der Waals surface area contributed by atoms with E-state index in [1.807, 2.05) is 69.3 Å². The van der Waals surface area contributed by atoms with Crippen molar-refractivity contribution in [3.05, 3.63) is 54.1 Å². The molecule has 1 aliphatic rings. The molecule has 4 heteroatoms. The second-order valence-electron chi connectivity index (χ2n) is 7.09. The van der Waals surface area contributed by atoms with Crippen LogP contribution in [0.25, 0.3) is 0 Å². The first-order valence-corrected chi connectivity index (χ1v) is 8.22. The molecular weight excluding hydrogens is 302 g/mol. The van der Waals surface area contributed by atoms with E-state index in [0.717, 1.165) is 29.2 Å². The number of benzene rings is 2. The van der Waals surface area contributed by atoms with Gasteiger partial charge < -0.3 is 14.8 Å². The van der Waals surface area contributed by atoms with Gasteiger partial charge in [-0.25, -0.2) is 0 Å². The van der Waals surface area contributed by atoms with E-state index in [1.54, 1.807) is 0 Å². The Morgan fingerprint density at radius 3 is 2.62 bits per heavy atom. The molecule has 2 aromatic rings. The zero-order valence-corrected chi connectivity index (χ0v) is 14.3. The van der Waals surface area contributed by atoms with Crippen molar-refractivity contribution in [3.8, 4) is 17.2 Å². The Balaban J connectivity index is 1.60. The molecular formula is C20H23NO3. The fraction of sp³-hybridized carbons (Fsp3) is 0.350. The molecule has 1 amide bonds. The third kappa shape index (κ3) is 3.88. The molecule has 4 nitrogen and oxygen atoms in total. The Kier molecular flexibility index (Phi) is 4.47. The van der Waals surface area contributed by atoms with Crippen LogP contribution < -0.4 is 14.8 Å². The van der Waals surface area contributed by atoms with Gasteiger partial charge in [-0.15, -0.1) is 0 Å². The normalized spacial score (nSPS) is 16.2. The van der Waals surface area contributed by atoms with Crippen molar-refractivity contribution in [2.75, 3.05) is 6.54 Å². The summed E-state index contributed by atoms with van der Waals surface area (Å²) in [4.78, 5) is 12.0. The molecule has 126 valence electrons. The Bertz CT molecular complexity index is 719. The average molecular weight is 325 g/mol. The minimum atomic E-state index is -0.387.